The Bertz CT molecular complexity index is 877. The zero-order valence-corrected chi connectivity index (χ0v) is 17.4. The van der Waals surface area contributed by atoms with E-state index >= 15 is 0 Å². The topological polar surface area (TPSA) is 76.6 Å². The third-order valence-corrected chi connectivity index (χ3v) is 5.68. The van der Waals surface area contributed by atoms with Crippen LogP contribution in [0.4, 0.5) is 23.1 Å². The molecule has 0 saturated carbocycles. The van der Waals surface area contributed by atoms with Gasteiger partial charge in [0.15, 0.2) is 0 Å². The Morgan fingerprint density at radius 1 is 1.10 bits per heavy atom. The molecule has 8 heteroatoms. The number of aromatic nitrogens is 2. The number of piperazine rings is 1. The molecular formula is C22H29N7O. The fraction of sp³-hybridized carbons (Fsp3) is 0.409. The second kappa shape index (κ2) is 9.13. The van der Waals surface area contributed by atoms with Crippen LogP contribution >= 0.6 is 0 Å². The first kappa shape index (κ1) is 20.2. The first-order valence-electron chi connectivity index (χ1n) is 10.4. The first-order chi connectivity index (χ1) is 14.6. The van der Waals surface area contributed by atoms with Crippen molar-refractivity contribution in [1.29, 1.82) is 0 Å². The van der Waals surface area contributed by atoms with Crippen molar-refractivity contribution in [3.63, 3.8) is 0 Å². The fourth-order valence-electron chi connectivity index (χ4n) is 3.88. The number of benzene rings is 1. The number of hydrogen-bond donors (Lipinski definition) is 2. The maximum absolute atomic E-state index is 11.5. The Hall–Kier alpha value is -3.13. The molecule has 2 fully saturated rings. The molecule has 1 aromatic carbocycles. The van der Waals surface area contributed by atoms with Gasteiger partial charge >= 0.3 is 0 Å². The van der Waals surface area contributed by atoms with Crippen LogP contribution in [0, 0.1) is 0 Å². The van der Waals surface area contributed by atoms with Crippen molar-refractivity contribution in [2.75, 3.05) is 61.4 Å². The van der Waals surface area contributed by atoms with E-state index in [0.717, 1.165) is 57.2 Å². The van der Waals surface area contributed by atoms with Crippen LogP contribution in [-0.2, 0) is 4.79 Å². The average Bonchev–Trinajstić information content (AvgIpc) is 3.23. The number of hydrogen-bond acceptors (Lipinski definition) is 7. The average molecular weight is 408 g/mol. The molecule has 4 rings (SSSR count). The summed E-state index contributed by atoms with van der Waals surface area (Å²) in [5.74, 6) is 1.29. The number of anilines is 4. The van der Waals surface area contributed by atoms with E-state index in [1.54, 1.807) is 6.20 Å². The summed E-state index contributed by atoms with van der Waals surface area (Å²) in [7, 11) is 2.16. The predicted octanol–water partition coefficient (Wildman–Crippen LogP) is 1.85. The van der Waals surface area contributed by atoms with Gasteiger partial charge in [-0.15, -0.1) is 0 Å². The van der Waals surface area contributed by atoms with Crippen molar-refractivity contribution in [3.8, 4) is 0 Å². The number of rotatable bonds is 6. The number of amides is 1. The summed E-state index contributed by atoms with van der Waals surface area (Å²) in [6, 6.07) is 10.4. The normalized spacial score (nSPS) is 19.6. The van der Waals surface area contributed by atoms with Crippen LogP contribution in [-0.4, -0.2) is 73.1 Å². The molecule has 0 unspecified atom stereocenters. The highest BCUT2D eigenvalue weighted by Crippen LogP contribution is 2.23. The van der Waals surface area contributed by atoms with Gasteiger partial charge in [0.05, 0.1) is 0 Å². The van der Waals surface area contributed by atoms with Crippen LogP contribution in [0.15, 0.2) is 49.2 Å². The second-order valence-electron chi connectivity index (χ2n) is 7.84. The van der Waals surface area contributed by atoms with Crippen LogP contribution in [0.2, 0.25) is 0 Å². The molecule has 2 aliphatic rings. The molecule has 1 amide bonds. The van der Waals surface area contributed by atoms with Gasteiger partial charge in [-0.3, -0.25) is 4.79 Å². The van der Waals surface area contributed by atoms with Crippen molar-refractivity contribution in [3.05, 3.63) is 49.2 Å². The van der Waals surface area contributed by atoms with Crippen molar-refractivity contribution in [1.82, 2.24) is 20.2 Å². The van der Waals surface area contributed by atoms with Crippen molar-refractivity contribution in [2.24, 2.45) is 0 Å². The predicted molar refractivity (Wildman–Crippen MR) is 120 cm³/mol. The maximum Gasteiger partial charge on any atom is 0.243 e. The van der Waals surface area contributed by atoms with Crippen LogP contribution in [0.25, 0.3) is 0 Å². The van der Waals surface area contributed by atoms with Gasteiger partial charge in [-0.05, 0) is 49.9 Å². The lowest BCUT2D eigenvalue weighted by Crippen LogP contribution is -2.44. The molecule has 2 saturated heterocycles. The highest BCUT2D eigenvalue weighted by Gasteiger charge is 2.24. The van der Waals surface area contributed by atoms with E-state index in [2.05, 4.69) is 73.2 Å². The van der Waals surface area contributed by atoms with Gasteiger partial charge in [0.1, 0.15) is 5.82 Å². The summed E-state index contributed by atoms with van der Waals surface area (Å²) in [5.41, 5.74) is 2.20. The van der Waals surface area contributed by atoms with E-state index in [9.17, 15) is 4.79 Å². The van der Waals surface area contributed by atoms with Crippen molar-refractivity contribution in [2.45, 2.75) is 12.5 Å². The Labute approximate surface area is 177 Å². The SMILES string of the molecule is C=CC(=O)N[C@@H]1CCN(c2ccnc(Nc3ccc(N4CCN(C)CC4)cc3)n2)C1. The molecule has 0 bridgehead atoms. The molecule has 2 N–H and O–H groups in total. The monoisotopic (exact) mass is 407 g/mol. The Kier molecular flexibility index (Phi) is 6.13. The molecule has 30 heavy (non-hydrogen) atoms. The zero-order chi connectivity index (χ0) is 20.9. The van der Waals surface area contributed by atoms with E-state index in [-0.39, 0.29) is 11.9 Å². The smallest absolute Gasteiger partial charge is 0.243 e. The molecule has 0 spiro atoms. The maximum atomic E-state index is 11.5. The van der Waals surface area contributed by atoms with Gasteiger partial charge < -0.3 is 25.3 Å². The van der Waals surface area contributed by atoms with Gasteiger partial charge in [0.25, 0.3) is 0 Å². The summed E-state index contributed by atoms with van der Waals surface area (Å²) >= 11 is 0. The molecule has 1 atom stereocenters. The number of nitrogens with one attached hydrogen (secondary N) is 2. The van der Waals surface area contributed by atoms with Gasteiger partial charge in [0, 0.05) is 62.9 Å². The first-order valence-corrected chi connectivity index (χ1v) is 10.4. The van der Waals surface area contributed by atoms with Crippen molar-refractivity contribution >= 4 is 29.0 Å². The zero-order valence-electron chi connectivity index (χ0n) is 17.4. The molecule has 3 heterocycles. The van der Waals surface area contributed by atoms with Crippen LogP contribution in [0.5, 0.6) is 0 Å². The molecule has 2 aromatic rings. The van der Waals surface area contributed by atoms with Gasteiger partial charge in [-0.25, -0.2) is 4.98 Å². The third-order valence-electron chi connectivity index (χ3n) is 5.68. The van der Waals surface area contributed by atoms with Gasteiger partial charge in [-0.2, -0.15) is 4.98 Å². The van der Waals surface area contributed by atoms with Gasteiger partial charge in [-0.1, -0.05) is 6.58 Å². The van der Waals surface area contributed by atoms with Crippen LogP contribution in [0.3, 0.4) is 0 Å². The lowest BCUT2D eigenvalue weighted by molar-refractivity contribution is -0.117. The Balaban J connectivity index is 1.36. The van der Waals surface area contributed by atoms with E-state index in [0.29, 0.717) is 5.95 Å². The molecular weight excluding hydrogens is 378 g/mol. The van der Waals surface area contributed by atoms with E-state index in [1.807, 2.05) is 6.07 Å². The van der Waals surface area contributed by atoms with Crippen LogP contribution < -0.4 is 20.4 Å². The minimum absolute atomic E-state index is 0.115. The number of carbonyl (C=O) groups is 1. The quantitative estimate of drug-likeness (QED) is 0.708. The summed E-state index contributed by atoms with van der Waals surface area (Å²) in [6.07, 6.45) is 3.96. The molecule has 2 aliphatic heterocycles. The molecule has 158 valence electrons. The van der Waals surface area contributed by atoms with Crippen LogP contribution in [0.1, 0.15) is 6.42 Å². The summed E-state index contributed by atoms with van der Waals surface area (Å²) in [6.45, 7) is 9.38. The fourth-order valence-corrected chi connectivity index (χ4v) is 3.88. The number of nitrogens with zero attached hydrogens (tertiary/aromatic N) is 5. The largest absolute Gasteiger partial charge is 0.369 e. The lowest BCUT2D eigenvalue weighted by Gasteiger charge is -2.34. The van der Waals surface area contributed by atoms with Gasteiger partial charge in [0.2, 0.25) is 11.9 Å². The van der Waals surface area contributed by atoms with E-state index in [1.165, 1.54) is 11.8 Å². The van der Waals surface area contributed by atoms with E-state index < -0.39 is 0 Å². The minimum atomic E-state index is -0.132. The highest BCUT2D eigenvalue weighted by molar-refractivity contribution is 5.87. The van der Waals surface area contributed by atoms with Crippen molar-refractivity contribution < 1.29 is 4.79 Å². The molecule has 1 aromatic heterocycles. The Morgan fingerprint density at radius 2 is 1.87 bits per heavy atom. The molecule has 0 radical (unpaired) electrons. The standard InChI is InChI=1S/C22H29N7O/c1-3-21(30)24-18-9-11-29(16-18)20-8-10-23-22(26-20)25-17-4-6-19(7-5-17)28-14-12-27(2)13-15-28/h3-8,10,18H,1,9,11-16H2,2H3,(H,24,30)(H,23,25,26)/t18-/m1/s1. The third kappa shape index (κ3) is 4.88. The number of likely N-dealkylation sites (N-methyl/N-ethyl adjacent to an activating group) is 1. The Morgan fingerprint density at radius 3 is 2.60 bits per heavy atom. The van der Waals surface area contributed by atoms with E-state index in [4.69, 9.17) is 0 Å². The number of carbonyl (C=O) groups excluding carboxylic acids is 1. The summed E-state index contributed by atoms with van der Waals surface area (Å²) in [5, 5.41) is 6.25. The lowest BCUT2D eigenvalue weighted by atomic mass is 10.2. The summed E-state index contributed by atoms with van der Waals surface area (Å²) in [4.78, 5) is 27.5. The second-order valence-corrected chi connectivity index (χ2v) is 7.84. The highest BCUT2D eigenvalue weighted by atomic mass is 16.1. The molecule has 0 aliphatic carbocycles. The summed E-state index contributed by atoms with van der Waals surface area (Å²) < 4.78 is 0. The minimum Gasteiger partial charge on any atom is -0.369 e. The molecule has 8 nitrogen and oxygen atoms in total.